The van der Waals surface area contributed by atoms with Gasteiger partial charge in [0.15, 0.2) is 5.78 Å². The van der Waals surface area contributed by atoms with Gasteiger partial charge < -0.3 is 21.1 Å². The number of Topliss-reactive ketones (excluding diaryl/α,β-unsaturated/α-hetero) is 2. The van der Waals surface area contributed by atoms with Crippen molar-refractivity contribution in [2.24, 2.45) is 23.5 Å². The maximum Gasteiger partial charge on any atom is 0.224 e. The summed E-state index contributed by atoms with van der Waals surface area (Å²) in [5.41, 5.74) is 7.29. The van der Waals surface area contributed by atoms with Gasteiger partial charge >= 0.3 is 0 Å². The number of carbonyl (C=O) groups is 4. The summed E-state index contributed by atoms with van der Waals surface area (Å²) >= 11 is 7.61. The summed E-state index contributed by atoms with van der Waals surface area (Å²) in [6.45, 7) is 3.18. The Morgan fingerprint density at radius 3 is 2.46 bits per heavy atom. The quantitative estimate of drug-likeness (QED) is 0.117. The Morgan fingerprint density at radius 1 is 1.04 bits per heavy atom. The second-order valence-electron chi connectivity index (χ2n) is 12.3. The number of nitrogens with zero attached hydrogens (tertiary/aromatic N) is 1. The Kier molecular flexibility index (Phi) is 14.6. The van der Waals surface area contributed by atoms with Gasteiger partial charge in [-0.15, -0.1) is 17.8 Å². The molecule has 1 aromatic heterocycles. The average Bonchev–Trinajstić information content (AvgIpc) is 3.50. The molecule has 1 saturated heterocycles. The summed E-state index contributed by atoms with van der Waals surface area (Å²) in [5.74, 6) is 0.138. The van der Waals surface area contributed by atoms with Gasteiger partial charge in [-0.1, -0.05) is 61.2 Å². The molecule has 0 radical (unpaired) electrons. The lowest BCUT2D eigenvalue weighted by Gasteiger charge is -2.32. The summed E-state index contributed by atoms with van der Waals surface area (Å²) < 4.78 is 6.46. The molecular formula is C37H45ClN4O5S. The molecule has 1 aliphatic heterocycles. The first-order chi connectivity index (χ1) is 23.2. The number of nitrogens with two attached hydrogens (primary N) is 1. The summed E-state index contributed by atoms with van der Waals surface area (Å²) in [5, 5.41) is 7.29. The number of nitrogens with one attached hydrogen (secondary N) is 2. The van der Waals surface area contributed by atoms with Crippen LogP contribution in [0.5, 0.6) is 0 Å². The zero-order valence-corrected chi connectivity index (χ0v) is 29.0. The number of amides is 2. The fraction of sp³-hybridized carbons (Fsp3) is 0.486. The van der Waals surface area contributed by atoms with Crippen molar-refractivity contribution >= 4 is 56.5 Å². The smallest absolute Gasteiger partial charge is 0.224 e. The van der Waals surface area contributed by atoms with Gasteiger partial charge in [-0.2, -0.15) is 0 Å². The maximum absolute atomic E-state index is 14.2. The topological polar surface area (TPSA) is 140 Å². The van der Waals surface area contributed by atoms with Crippen LogP contribution in [0.25, 0.3) is 10.2 Å². The number of ether oxygens (including phenoxy) is 1. The minimum absolute atomic E-state index is 0.0325. The van der Waals surface area contributed by atoms with Crippen LogP contribution in [0.3, 0.4) is 0 Å². The average molecular weight is 693 g/mol. The molecule has 4 rings (SSSR count). The molecule has 0 saturated carbocycles. The van der Waals surface area contributed by atoms with E-state index in [2.05, 4.69) is 21.5 Å². The lowest BCUT2D eigenvalue weighted by molar-refractivity contribution is -0.135. The van der Waals surface area contributed by atoms with E-state index in [1.807, 2.05) is 42.5 Å². The second kappa shape index (κ2) is 18.8. The molecule has 9 nitrogen and oxygen atoms in total. The molecule has 0 unspecified atom stereocenters. The van der Waals surface area contributed by atoms with E-state index in [1.165, 1.54) is 11.3 Å². The fourth-order valence-corrected chi connectivity index (χ4v) is 7.38. The molecule has 3 aromatic rings. The van der Waals surface area contributed by atoms with E-state index in [0.29, 0.717) is 68.3 Å². The zero-order valence-electron chi connectivity index (χ0n) is 27.4. The number of benzene rings is 2. The van der Waals surface area contributed by atoms with Gasteiger partial charge in [0.1, 0.15) is 11.8 Å². The van der Waals surface area contributed by atoms with E-state index in [1.54, 1.807) is 13.0 Å². The van der Waals surface area contributed by atoms with Crippen molar-refractivity contribution in [2.75, 3.05) is 19.8 Å². The van der Waals surface area contributed by atoms with Crippen LogP contribution in [0, 0.1) is 30.1 Å². The summed E-state index contributed by atoms with van der Waals surface area (Å²) in [4.78, 5) is 59.1. The van der Waals surface area contributed by atoms with Crippen LogP contribution in [-0.4, -0.2) is 54.2 Å². The van der Waals surface area contributed by atoms with Gasteiger partial charge in [0, 0.05) is 49.8 Å². The molecule has 1 aliphatic rings. The number of terminal acetylenes is 1. The third-order valence-corrected chi connectivity index (χ3v) is 10.1. The first-order valence-corrected chi connectivity index (χ1v) is 17.9. The van der Waals surface area contributed by atoms with Crippen LogP contribution < -0.4 is 16.4 Å². The first kappa shape index (κ1) is 37.2. The number of hydrogen-bond donors (Lipinski definition) is 3. The molecular weight excluding hydrogens is 648 g/mol. The SMILES string of the molecule is C#C[C@@H](NC(=O)[C@H](CCCCN)CC(=O)[C@@H](NC(=O)[C@@H](CC(=O)CC)Cc1nc2ccc(Cl)cc2s1)C1CCOCC1)c1ccccc1. The molecule has 256 valence electrons. The van der Waals surface area contributed by atoms with E-state index >= 15 is 0 Å². The molecule has 0 bridgehead atoms. The van der Waals surface area contributed by atoms with Crippen LogP contribution in [-0.2, 0) is 30.3 Å². The van der Waals surface area contributed by atoms with Gasteiger partial charge in [0.05, 0.1) is 27.2 Å². The normalized spacial score (nSPS) is 16.0. The molecule has 48 heavy (non-hydrogen) atoms. The number of unbranched alkanes of at least 4 members (excludes halogenated alkanes) is 1. The van der Waals surface area contributed by atoms with Crippen molar-refractivity contribution in [2.45, 2.75) is 76.8 Å². The molecule has 0 aliphatic carbocycles. The molecule has 1 fully saturated rings. The minimum atomic E-state index is -0.836. The highest BCUT2D eigenvalue weighted by Crippen LogP contribution is 2.29. The number of thiazole rings is 1. The monoisotopic (exact) mass is 692 g/mol. The molecule has 4 atom stereocenters. The van der Waals surface area contributed by atoms with Gasteiger partial charge in [-0.3, -0.25) is 19.2 Å². The van der Waals surface area contributed by atoms with E-state index < -0.39 is 23.9 Å². The Balaban J connectivity index is 1.54. The van der Waals surface area contributed by atoms with Crippen LogP contribution in [0.15, 0.2) is 48.5 Å². The Morgan fingerprint density at radius 2 is 1.77 bits per heavy atom. The molecule has 2 heterocycles. The van der Waals surface area contributed by atoms with Crippen molar-refractivity contribution < 1.29 is 23.9 Å². The van der Waals surface area contributed by atoms with Crippen molar-refractivity contribution in [3.8, 4) is 12.3 Å². The third-order valence-electron chi connectivity index (χ3n) is 8.85. The van der Waals surface area contributed by atoms with Crippen LogP contribution in [0.1, 0.15) is 74.9 Å². The number of hydrogen-bond acceptors (Lipinski definition) is 8. The molecule has 11 heteroatoms. The predicted molar refractivity (Wildman–Crippen MR) is 189 cm³/mol. The highest BCUT2D eigenvalue weighted by Gasteiger charge is 2.36. The highest BCUT2D eigenvalue weighted by atomic mass is 35.5. The number of halogens is 1. The summed E-state index contributed by atoms with van der Waals surface area (Å²) in [6, 6.07) is 13.2. The standard InChI is InChI=1S/C37H45ClN4O5S/c1-3-29(43)20-27(22-34-40-31-14-13-28(38)23-33(31)48-34)37(46)42-35(25-15-18-47-19-16-25)32(44)21-26(12-8-9-17-39)36(45)41-30(4-2)24-10-6-5-7-11-24/h2,5-7,10-11,13-14,23,25-27,30,35H,3,8-9,12,15-22,39H2,1H3,(H,41,45)(H,42,46)/t26-,27+,30-,35+/m1/s1. The second-order valence-corrected chi connectivity index (χ2v) is 13.9. The van der Waals surface area contributed by atoms with Crippen LogP contribution in [0.2, 0.25) is 5.02 Å². The van der Waals surface area contributed by atoms with Gasteiger partial charge in [0.2, 0.25) is 11.8 Å². The lowest BCUT2D eigenvalue weighted by atomic mass is 9.83. The van der Waals surface area contributed by atoms with Crippen molar-refractivity contribution in [3.63, 3.8) is 0 Å². The summed E-state index contributed by atoms with van der Waals surface area (Å²) in [6.07, 6.45) is 9.30. The number of rotatable bonds is 18. The third kappa shape index (κ3) is 10.7. The fourth-order valence-electron chi connectivity index (χ4n) is 6.06. The van der Waals surface area contributed by atoms with E-state index in [9.17, 15) is 19.2 Å². The van der Waals surface area contributed by atoms with E-state index in [4.69, 9.17) is 28.5 Å². The van der Waals surface area contributed by atoms with E-state index in [0.717, 1.165) is 15.8 Å². The lowest BCUT2D eigenvalue weighted by Crippen LogP contribution is -2.50. The van der Waals surface area contributed by atoms with Crippen LogP contribution in [0.4, 0.5) is 0 Å². The Bertz CT molecular complexity index is 1580. The molecule has 2 amide bonds. The number of carbonyl (C=O) groups excluding carboxylic acids is 4. The molecule has 2 aromatic carbocycles. The predicted octanol–water partition coefficient (Wildman–Crippen LogP) is 5.58. The maximum atomic E-state index is 14.2. The molecule has 0 spiro atoms. The Labute approximate surface area is 291 Å². The van der Waals surface area contributed by atoms with Gasteiger partial charge in [-0.05, 0) is 61.9 Å². The Hall–Kier alpha value is -3.62. The number of aromatic nitrogens is 1. The largest absolute Gasteiger partial charge is 0.381 e. The van der Waals surface area contributed by atoms with Crippen molar-refractivity contribution in [3.05, 3.63) is 64.1 Å². The molecule has 4 N–H and O–H groups in total. The van der Waals surface area contributed by atoms with Crippen molar-refractivity contribution in [1.29, 1.82) is 0 Å². The zero-order chi connectivity index (χ0) is 34.5. The number of ketones is 2. The number of fused-ring (bicyclic) bond motifs is 1. The summed E-state index contributed by atoms with van der Waals surface area (Å²) in [7, 11) is 0. The minimum Gasteiger partial charge on any atom is -0.381 e. The van der Waals surface area contributed by atoms with E-state index in [-0.39, 0.29) is 48.6 Å². The van der Waals surface area contributed by atoms with Crippen molar-refractivity contribution in [1.82, 2.24) is 15.6 Å². The van der Waals surface area contributed by atoms with Gasteiger partial charge in [-0.25, -0.2) is 4.98 Å². The van der Waals surface area contributed by atoms with Crippen LogP contribution >= 0.6 is 22.9 Å². The first-order valence-electron chi connectivity index (χ1n) is 16.7. The van der Waals surface area contributed by atoms with Gasteiger partial charge in [0.25, 0.3) is 0 Å². The highest BCUT2D eigenvalue weighted by molar-refractivity contribution is 7.18.